The van der Waals surface area contributed by atoms with Gasteiger partial charge in [0.2, 0.25) is 0 Å². The maximum atomic E-state index is 13.7. The lowest BCUT2D eigenvalue weighted by Crippen LogP contribution is -2.61. The van der Waals surface area contributed by atoms with Crippen molar-refractivity contribution in [2.45, 2.75) is 63.1 Å². The first-order valence-electron chi connectivity index (χ1n) is 6.54. The molecule has 0 amide bonds. The maximum absolute atomic E-state index is 13.7. The highest BCUT2D eigenvalue weighted by Crippen LogP contribution is 2.58. The van der Waals surface area contributed by atoms with Crippen LogP contribution >= 0.6 is 0 Å². The van der Waals surface area contributed by atoms with Gasteiger partial charge in [0.1, 0.15) is 0 Å². The number of hydrogen-bond acceptors (Lipinski definition) is 0. The Morgan fingerprint density at radius 2 is 1.00 bits per heavy atom. The van der Waals surface area contributed by atoms with Crippen LogP contribution in [0.2, 0.25) is 5.04 Å². The molecule has 0 fully saturated rings. The molecule has 0 aliphatic carbocycles. The molecule has 0 saturated carbocycles. The van der Waals surface area contributed by atoms with Gasteiger partial charge in [-0.25, -0.2) is 0 Å². The van der Waals surface area contributed by atoms with E-state index in [0.29, 0.717) is 0 Å². The Morgan fingerprint density at radius 1 is 0.682 bits per heavy atom. The second kappa shape index (κ2) is 5.90. The van der Waals surface area contributed by atoms with Crippen LogP contribution in [0.1, 0.15) is 34.1 Å². The van der Waals surface area contributed by atoms with E-state index < -0.39 is 47.2 Å². The van der Waals surface area contributed by atoms with Crippen LogP contribution < -0.4 is 0 Å². The summed E-state index contributed by atoms with van der Waals surface area (Å²) < 4.78 is 116. The van der Waals surface area contributed by atoms with Gasteiger partial charge in [-0.2, -0.15) is 39.5 Å². The number of hydrogen-bond donors (Lipinski definition) is 0. The standard InChI is InChI=1S/C12H19F9Si/c1-6(2)8(22,7(3)4)5-9(13,14)10(15,16)11(17,18)12(19,20)21/h6-7H,5H2,1-4,22H3. The van der Waals surface area contributed by atoms with Crippen molar-refractivity contribution in [1.29, 1.82) is 0 Å². The Bertz CT molecular complexity index is 377. The first-order chi connectivity index (χ1) is 9.34. The third kappa shape index (κ3) is 3.40. The lowest BCUT2D eigenvalue weighted by Gasteiger charge is -2.43. The zero-order chi connectivity index (χ0) is 18.4. The molecule has 0 unspecified atom stereocenters. The van der Waals surface area contributed by atoms with Crippen LogP contribution in [0.25, 0.3) is 0 Å². The van der Waals surface area contributed by atoms with Gasteiger partial charge in [-0.3, -0.25) is 0 Å². The van der Waals surface area contributed by atoms with E-state index in [2.05, 4.69) is 0 Å². The molecular weight excluding hydrogens is 343 g/mol. The lowest BCUT2D eigenvalue weighted by atomic mass is 9.78. The van der Waals surface area contributed by atoms with Gasteiger partial charge in [0.05, 0.1) is 0 Å². The topological polar surface area (TPSA) is 0 Å². The van der Waals surface area contributed by atoms with Crippen LogP contribution in [0.3, 0.4) is 0 Å². The van der Waals surface area contributed by atoms with Gasteiger partial charge in [-0.1, -0.05) is 27.7 Å². The molecule has 0 heterocycles. The molecule has 10 heteroatoms. The monoisotopic (exact) mass is 362 g/mol. The number of alkyl halides is 9. The van der Waals surface area contributed by atoms with Crippen LogP contribution in [0.5, 0.6) is 0 Å². The molecule has 0 aromatic heterocycles. The highest BCUT2D eigenvalue weighted by atomic mass is 28.1. The van der Waals surface area contributed by atoms with E-state index in [4.69, 9.17) is 0 Å². The van der Waals surface area contributed by atoms with Crippen LogP contribution in [-0.4, -0.2) is 34.2 Å². The summed E-state index contributed by atoms with van der Waals surface area (Å²) in [6, 6.07) is 0. The fourth-order valence-corrected chi connectivity index (χ4v) is 2.52. The van der Waals surface area contributed by atoms with E-state index in [0.717, 1.165) is 0 Å². The molecule has 134 valence electrons. The van der Waals surface area contributed by atoms with Crippen molar-refractivity contribution in [2.24, 2.45) is 11.8 Å². The molecular formula is C12H19F9Si. The van der Waals surface area contributed by atoms with Crippen molar-refractivity contribution in [3.8, 4) is 0 Å². The first-order valence-corrected chi connectivity index (χ1v) is 7.54. The van der Waals surface area contributed by atoms with Gasteiger partial charge in [0.25, 0.3) is 0 Å². The molecule has 0 aliphatic heterocycles. The number of halogens is 9. The molecule has 0 nitrogen and oxygen atoms in total. The summed E-state index contributed by atoms with van der Waals surface area (Å²) in [5.41, 5.74) is 0. The van der Waals surface area contributed by atoms with Crippen LogP contribution in [0.15, 0.2) is 0 Å². The zero-order valence-corrected chi connectivity index (χ0v) is 14.8. The fourth-order valence-electron chi connectivity index (χ4n) is 2.07. The highest BCUT2D eigenvalue weighted by Gasteiger charge is 2.81. The lowest BCUT2D eigenvalue weighted by molar-refractivity contribution is -0.398. The van der Waals surface area contributed by atoms with Crippen molar-refractivity contribution in [3.63, 3.8) is 0 Å². The number of rotatable bonds is 6. The van der Waals surface area contributed by atoms with Crippen molar-refractivity contribution in [1.82, 2.24) is 0 Å². The third-order valence-electron chi connectivity index (χ3n) is 4.45. The third-order valence-corrected chi connectivity index (χ3v) is 7.11. The average molecular weight is 362 g/mol. The molecule has 0 aromatic carbocycles. The highest BCUT2D eigenvalue weighted by molar-refractivity contribution is 6.15. The van der Waals surface area contributed by atoms with Gasteiger partial charge < -0.3 is 0 Å². The average Bonchev–Trinajstić information content (AvgIpc) is 2.25. The van der Waals surface area contributed by atoms with Crippen molar-refractivity contribution in [2.75, 3.05) is 0 Å². The minimum absolute atomic E-state index is 0.0615. The molecule has 22 heavy (non-hydrogen) atoms. The van der Waals surface area contributed by atoms with Crippen LogP contribution in [-0.2, 0) is 0 Å². The summed E-state index contributed by atoms with van der Waals surface area (Å²) >= 11 is 0. The molecule has 0 rings (SSSR count). The van der Waals surface area contributed by atoms with E-state index in [1.807, 2.05) is 0 Å². The van der Waals surface area contributed by atoms with E-state index in [9.17, 15) is 39.5 Å². The van der Waals surface area contributed by atoms with Gasteiger partial charge in [0.15, 0.2) is 0 Å². The molecule has 0 radical (unpaired) electrons. The molecule has 0 aromatic rings. The SMILES string of the molecule is CC(C)C([SiH3])(CC(F)(F)C(F)(F)C(F)(F)C(F)(F)F)C(C)C. The minimum Gasteiger partial charge on any atom is -0.200 e. The predicted octanol–water partition coefficient (Wildman–Crippen LogP) is 4.68. The van der Waals surface area contributed by atoms with Crippen molar-refractivity contribution in [3.05, 3.63) is 0 Å². The van der Waals surface area contributed by atoms with E-state index in [1.165, 1.54) is 27.7 Å². The summed E-state index contributed by atoms with van der Waals surface area (Å²) in [5.74, 6) is -19.9. The quantitative estimate of drug-likeness (QED) is 0.475. The summed E-state index contributed by atoms with van der Waals surface area (Å²) in [5, 5.41) is -1.41. The molecule has 0 saturated heterocycles. The molecule has 0 atom stereocenters. The van der Waals surface area contributed by atoms with Gasteiger partial charge >= 0.3 is 23.9 Å². The summed E-state index contributed by atoms with van der Waals surface area (Å²) in [6.07, 6.45) is -8.48. The Hall–Kier alpha value is -0.413. The van der Waals surface area contributed by atoms with Crippen molar-refractivity contribution >= 4 is 10.2 Å². The summed E-state index contributed by atoms with van der Waals surface area (Å²) in [6.45, 7) is 5.79. The summed E-state index contributed by atoms with van der Waals surface area (Å²) in [4.78, 5) is 0. The first kappa shape index (κ1) is 21.6. The van der Waals surface area contributed by atoms with Gasteiger partial charge in [0, 0.05) is 16.7 Å². The van der Waals surface area contributed by atoms with E-state index in [-0.39, 0.29) is 10.2 Å². The smallest absolute Gasteiger partial charge is 0.200 e. The minimum atomic E-state index is -6.81. The summed E-state index contributed by atoms with van der Waals surface area (Å²) in [7, 11) is -0.0615. The second-order valence-electron chi connectivity index (χ2n) is 6.34. The largest absolute Gasteiger partial charge is 0.460 e. The van der Waals surface area contributed by atoms with E-state index >= 15 is 0 Å². The predicted molar refractivity (Wildman–Crippen MR) is 67.8 cm³/mol. The zero-order valence-electron chi connectivity index (χ0n) is 12.8. The van der Waals surface area contributed by atoms with E-state index in [1.54, 1.807) is 0 Å². The molecule has 0 spiro atoms. The normalized spacial score (nSPS) is 16.0. The molecule has 0 aliphatic rings. The fraction of sp³-hybridized carbons (Fsp3) is 1.00. The second-order valence-corrected chi connectivity index (χ2v) is 8.20. The molecule has 0 N–H and O–H groups in total. The van der Waals surface area contributed by atoms with Crippen molar-refractivity contribution < 1.29 is 39.5 Å². The molecule has 0 bridgehead atoms. The maximum Gasteiger partial charge on any atom is 0.460 e. The Labute approximate surface area is 125 Å². The van der Waals surface area contributed by atoms with Crippen LogP contribution in [0, 0.1) is 11.8 Å². The van der Waals surface area contributed by atoms with Crippen LogP contribution in [0.4, 0.5) is 39.5 Å². The Morgan fingerprint density at radius 3 is 1.23 bits per heavy atom. The Kier molecular flexibility index (Phi) is 5.79. The Balaban J connectivity index is 5.83. The van der Waals surface area contributed by atoms with Gasteiger partial charge in [-0.05, 0) is 16.9 Å². The van der Waals surface area contributed by atoms with Gasteiger partial charge in [-0.15, -0.1) is 0 Å².